The third-order valence-corrected chi connectivity index (χ3v) is 5.22. The van der Waals surface area contributed by atoms with Gasteiger partial charge in [-0.2, -0.15) is 11.8 Å². The molecule has 0 radical (unpaired) electrons. The molecule has 0 bridgehead atoms. The highest BCUT2D eigenvalue weighted by Gasteiger charge is 2.28. The van der Waals surface area contributed by atoms with Gasteiger partial charge in [0.2, 0.25) is 11.5 Å². The Morgan fingerprint density at radius 1 is 1.24 bits per heavy atom. The summed E-state index contributed by atoms with van der Waals surface area (Å²) in [6.07, 6.45) is 0. The topological polar surface area (TPSA) is 65.2 Å². The van der Waals surface area contributed by atoms with Crippen molar-refractivity contribution in [3.63, 3.8) is 0 Å². The van der Waals surface area contributed by atoms with Crippen LogP contribution in [0.1, 0.15) is 22.9 Å². The maximum atomic E-state index is 12.9. The zero-order chi connectivity index (χ0) is 17.6. The molecule has 6 heteroatoms. The fourth-order valence-electron chi connectivity index (χ4n) is 3.14. The van der Waals surface area contributed by atoms with Crippen molar-refractivity contribution in [1.82, 2.24) is 15.2 Å². The van der Waals surface area contributed by atoms with E-state index >= 15 is 0 Å². The number of carbonyl (C=O) groups excluding carboxylic acids is 1. The van der Waals surface area contributed by atoms with Crippen molar-refractivity contribution in [3.8, 4) is 0 Å². The molecule has 1 saturated heterocycles. The summed E-state index contributed by atoms with van der Waals surface area (Å²) in [6, 6.07) is 13.0. The Labute approximate surface area is 151 Å². The van der Waals surface area contributed by atoms with Gasteiger partial charge in [-0.15, -0.1) is 0 Å². The highest BCUT2D eigenvalue weighted by atomic mass is 32.2. The van der Waals surface area contributed by atoms with Gasteiger partial charge in [0.1, 0.15) is 6.04 Å². The molecule has 0 spiro atoms. The van der Waals surface area contributed by atoms with Crippen LogP contribution in [-0.4, -0.2) is 40.4 Å². The largest absolute Gasteiger partial charge is 0.350 e. The second kappa shape index (κ2) is 8.36. The van der Waals surface area contributed by atoms with Crippen LogP contribution in [0.4, 0.5) is 0 Å². The van der Waals surface area contributed by atoms with Crippen molar-refractivity contribution in [2.24, 2.45) is 0 Å². The van der Waals surface area contributed by atoms with Crippen LogP contribution in [0, 0.1) is 6.92 Å². The molecular weight excluding hydrogens is 334 g/mol. The fraction of sp³-hybridized carbons (Fsp3) is 0.368. The maximum absolute atomic E-state index is 12.9. The monoisotopic (exact) mass is 357 g/mol. The third-order valence-electron chi connectivity index (χ3n) is 4.28. The van der Waals surface area contributed by atoms with E-state index in [4.69, 9.17) is 0 Å². The van der Waals surface area contributed by atoms with E-state index in [9.17, 15) is 9.59 Å². The number of nitrogens with one attached hydrogen (secondary N) is 2. The van der Waals surface area contributed by atoms with Gasteiger partial charge in [-0.05, 0) is 24.1 Å². The summed E-state index contributed by atoms with van der Waals surface area (Å²) in [5, 5.41) is 3.01. The van der Waals surface area contributed by atoms with Crippen LogP contribution in [0.15, 0.2) is 47.3 Å². The molecule has 25 heavy (non-hydrogen) atoms. The lowest BCUT2D eigenvalue weighted by atomic mass is 10.0. The summed E-state index contributed by atoms with van der Waals surface area (Å²) < 4.78 is 0. The average Bonchev–Trinajstić information content (AvgIpc) is 2.61. The Bertz CT molecular complexity index is 770. The van der Waals surface area contributed by atoms with Crippen molar-refractivity contribution in [3.05, 3.63) is 69.6 Å². The molecule has 132 valence electrons. The molecule has 5 nitrogen and oxygen atoms in total. The molecule has 0 aliphatic carbocycles. The van der Waals surface area contributed by atoms with Crippen molar-refractivity contribution < 1.29 is 4.79 Å². The summed E-state index contributed by atoms with van der Waals surface area (Å²) in [6.45, 7) is 4.00. The molecule has 0 saturated carbocycles. The van der Waals surface area contributed by atoms with Crippen LogP contribution >= 0.6 is 11.8 Å². The van der Waals surface area contributed by atoms with E-state index in [1.54, 1.807) is 0 Å². The number of thioether (sulfide) groups is 1. The van der Waals surface area contributed by atoms with E-state index in [0.29, 0.717) is 6.54 Å². The predicted molar refractivity (Wildman–Crippen MR) is 102 cm³/mol. The number of aromatic nitrogens is 1. The van der Waals surface area contributed by atoms with Crippen molar-refractivity contribution >= 4 is 17.7 Å². The van der Waals surface area contributed by atoms with Gasteiger partial charge in [0.05, 0.1) is 0 Å². The van der Waals surface area contributed by atoms with E-state index in [-0.39, 0.29) is 17.5 Å². The summed E-state index contributed by atoms with van der Waals surface area (Å²) in [5.74, 6) is 2.07. The molecule has 1 fully saturated rings. The van der Waals surface area contributed by atoms with Gasteiger partial charge < -0.3 is 10.3 Å². The molecular formula is C19H23N3O2S. The number of amides is 1. The molecule has 1 unspecified atom stereocenters. The Kier molecular flexibility index (Phi) is 5.94. The van der Waals surface area contributed by atoms with Crippen LogP contribution in [0.2, 0.25) is 0 Å². The second-order valence-corrected chi connectivity index (χ2v) is 7.44. The minimum atomic E-state index is -0.287. The molecule has 2 heterocycles. The first-order valence-electron chi connectivity index (χ1n) is 8.48. The van der Waals surface area contributed by atoms with Crippen molar-refractivity contribution in [1.29, 1.82) is 0 Å². The summed E-state index contributed by atoms with van der Waals surface area (Å²) >= 11 is 1.92. The van der Waals surface area contributed by atoms with Gasteiger partial charge in [-0.25, -0.2) is 0 Å². The molecule has 1 atom stereocenters. The molecule has 3 rings (SSSR count). The number of hydrogen-bond acceptors (Lipinski definition) is 4. The van der Waals surface area contributed by atoms with E-state index in [1.807, 2.05) is 55.1 Å². The van der Waals surface area contributed by atoms with Crippen LogP contribution in [-0.2, 0) is 11.3 Å². The van der Waals surface area contributed by atoms with Gasteiger partial charge in [0.15, 0.2) is 0 Å². The molecule has 1 aromatic heterocycles. The molecule has 2 aromatic rings. The Hall–Kier alpha value is -2.05. The number of hydrogen-bond donors (Lipinski definition) is 2. The van der Waals surface area contributed by atoms with Crippen LogP contribution in [0.5, 0.6) is 0 Å². The summed E-state index contributed by atoms with van der Waals surface area (Å²) in [7, 11) is 0. The first-order valence-corrected chi connectivity index (χ1v) is 9.63. The molecule has 2 N–H and O–H groups in total. The number of rotatable bonds is 5. The fourth-order valence-corrected chi connectivity index (χ4v) is 4.07. The normalized spacial score (nSPS) is 16.4. The minimum Gasteiger partial charge on any atom is -0.350 e. The number of H-pyrrole nitrogens is 1. The predicted octanol–water partition coefficient (Wildman–Crippen LogP) is 2.09. The first-order chi connectivity index (χ1) is 12.1. The highest BCUT2D eigenvalue weighted by molar-refractivity contribution is 7.99. The quantitative estimate of drug-likeness (QED) is 0.860. The minimum absolute atomic E-state index is 0.0176. The lowest BCUT2D eigenvalue weighted by Crippen LogP contribution is -2.44. The standard InChI is InChI=1S/C19H23N3O2S/c1-14-11-15(12-17(23)21-14)13-20-19(24)18(16-5-3-2-4-6-16)22-7-9-25-10-8-22/h2-6,11-12,18H,7-10,13H2,1H3,(H,20,24)(H,21,23). The lowest BCUT2D eigenvalue weighted by molar-refractivity contribution is -0.126. The number of benzene rings is 1. The molecule has 1 aromatic carbocycles. The molecule has 1 aliphatic rings. The number of carbonyl (C=O) groups is 1. The van der Waals surface area contributed by atoms with E-state index in [1.165, 1.54) is 6.07 Å². The van der Waals surface area contributed by atoms with E-state index in [2.05, 4.69) is 15.2 Å². The average molecular weight is 357 g/mol. The van der Waals surface area contributed by atoms with Crippen molar-refractivity contribution in [2.45, 2.75) is 19.5 Å². The summed E-state index contributed by atoms with van der Waals surface area (Å²) in [5.41, 5.74) is 2.48. The lowest BCUT2D eigenvalue weighted by Gasteiger charge is -2.33. The van der Waals surface area contributed by atoms with Gasteiger partial charge in [-0.3, -0.25) is 14.5 Å². The van der Waals surface area contributed by atoms with E-state index in [0.717, 1.165) is 41.4 Å². The van der Waals surface area contributed by atoms with Gasteiger partial charge in [0.25, 0.3) is 0 Å². The molecule has 1 aliphatic heterocycles. The van der Waals surface area contributed by atoms with E-state index < -0.39 is 0 Å². The summed E-state index contributed by atoms with van der Waals surface area (Å²) in [4.78, 5) is 29.5. The first kappa shape index (κ1) is 17.8. The number of pyridine rings is 1. The smallest absolute Gasteiger partial charge is 0.248 e. The Morgan fingerprint density at radius 2 is 1.96 bits per heavy atom. The van der Waals surface area contributed by atoms with Crippen LogP contribution < -0.4 is 10.9 Å². The molecule has 1 amide bonds. The number of aromatic amines is 1. The zero-order valence-corrected chi connectivity index (χ0v) is 15.1. The number of nitrogens with zero attached hydrogens (tertiary/aromatic N) is 1. The van der Waals surface area contributed by atoms with Crippen LogP contribution in [0.3, 0.4) is 0 Å². The van der Waals surface area contributed by atoms with Gasteiger partial charge >= 0.3 is 0 Å². The maximum Gasteiger partial charge on any atom is 0.248 e. The second-order valence-electron chi connectivity index (χ2n) is 6.22. The van der Waals surface area contributed by atoms with Crippen LogP contribution in [0.25, 0.3) is 0 Å². The van der Waals surface area contributed by atoms with Crippen molar-refractivity contribution in [2.75, 3.05) is 24.6 Å². The highest BCUT2D eigenvalue weighted by Crippen LogP contribution is 2.24. The number of aryl methyl sites for hydroxylation is 1. The Morgan fingerprint density at radius 3 is 2.64 bits per heavy atom. The van der Waals surface area contributed by atoms with Gasteiger partial charge in [-0.1, -0.05) is 30.3 Å². The zero-order valence-electron chi connectivity index (χ0n) is 14.3. The van der Waals surface area contributed by atoms with Gasteiger partial charge in [0, 0.05) is 42.9 Å². The third kappa shape index (κ3) is 4.74. The SMILES string of the molecule is Cc1cc(CNC(=O)C(c2ccccc2)N2CCSCC2)cc(=O)[nH]1. The Balaban J connectivity index is 1.75.